The van der Waals surface area contributed by atoms with Crippen LogP contribution in [0.25, 0.3) is 6.08 Å². The summed E-state index contributed by atoms with van der Waals surface area (Å²) in [6, 6.07) is 12.8. The van der Waals surface area contributed by atoms with Crippen molar-refractivity contribution in [2.24, 2.45) is 4.99 Å². The van der Waals surface area contributed by atoms with Crippen LogP contribution >= 0.6 is 15.9 Å². The molecule has 0 N–H and O–H groups in total. The van der Waals surface area contributed by atoms with E-state index in [1.807, 2.05) is 49.4 Å². The highest BCUT2D eigenvalue weighted by molar-refractivity contribution is 9.10. The van der Waals surface area contributed by atoms with Gasteiger partial charge < -0.3 is 14.2 Å². The van der Waals surface area contributed by atoms with E-state index in [2.05, 4.69) is 20.9 Å². The first-order valence-electron chi connectivity index (χ1n) is 7.70. The third kappa shape index (κ3) is 3.74. The lowest BCUT2D eigenvalue weighted by Gasteiger charge is -2.08. The SMILES string of the molecule is CCOc1ccccc1C1=N/C(=C\c2ccc(OC)c(Br)c2)C(=O)O1. The molecule has 0 radical (unpaired) electrons. The Hall–Kier alpha value is -2.60. The van der Waals surface area contributed by atoms with Crippen molar-refractivity contribution in [3.63, 3.8) is 0 Å². The standard InChI is InChI=1S/C19H16BrNO4/c1-3-24-16-7-5-4-6-13(16)18-21-15(19(22)25-18)11-12-8-9-17(23-2)14(20)10-12/h4-11H,3H2,1-2H3/b15-11-. The largest absolute Gasteiger partial charge is 0.496 e. The molecule has 1 aliphatic rings. The van der Waals surface area contributed by atoms with Gasteiger partial charge in [0, 0.05) is 0 Å². The second-order valence-corrected chi connectivity index (χ2v) is 6.01. The highest BCUT2D eigenvalue weighted by atomic mass is 79.9. The summed E-state index contributed by atoms with van der Waals surface area (Å²) in [6.45, 7) is 2.41. The maximum atomic E-state index is 12.2. The number of cyclic esters (lactones) is 1. The van der Waals surface area contributed by atoms with Gasteiger partial charge in [-0.2, -0.15) is 0 Å². The van der Waals surface area contributed by atoms with Crippen LogP contribution in [0.5, 0.6) is 11.5 Å². The number of carbonyl (C=O) groups is 1. The van der Waals surface area contributed by atoms with Gasteiger partial charge >= 0.3 is 5.97 Å². The van der Waals surface area contributed by atoms with E-state index >= 15 is 0 Å². The Kier molecular flexibility index (Phi) is 5.19. The van der Waals surface area contributed by atoms with Gasteiger partial charge in [0.25, 0.3) is 0 Å². The number of para-hydroxylation sites is 1. The van der Waals surface area contributed by atoms with Crippen molar-refractivity contribution in [2.75, 3.05) is 13.7 Å². The first-order chi connectivity index (χ1) is 12.1. The molecule has 0 aliphatic carbocycles. The molecule has 0 saturated heterocycles. The van der Waals surface area contributed by atoms with Gasteiger partial charge in [0.2, 0.25) is 5.90 Å². The summed E-state index contributed by atoms with van der Waals surface area (Å²) in [6.07, 6.45) is 1.67. The van der Waals surface area contributed by atoms with Gasteiger partial charge in [0.05, 0.1) is 23.8 Å². The summed E-state index contributed by atoms with van der Waals surface area (Å²) in [4.78, 5) is 16.5. The summed E-state index contributed by atoms with van der Waals surface area (Å²) >= 11 is 3.42. The lowest BCUT2D eigenvalue weighted by Crippen LogP contribution is -2.07. The minimum atomic E-state index is -0.492. The normalized spacial score (nSPS) is 15.1. The summed E-state index contributed by atoms with van der Waals surface area (Å²) in [7, 11) is 1.60. The molecule has 25 heavy (non-hydrogen) atoms. The van der Waals surface area contributed by atoms with E-state index in [0.29, 0.717) is 23.7 Å². The van der Waals surface area contributed by atoms with Crippen molar-refractivity contribution >= 4 is 33.9 Å². The zero-order chi connectivity index (χ0) is 17.8. The van der Waals surface area contributed by atoms with Crippen LogP contribution in [-0.4, -0.2) is 25.6 Å². The lowest BCUT2D eigenvalue weighted by atomic mass is 10.2. The van der Waals surface area contributed by atoms with Gasteiger partial charge in [-0.25, -0.2) is 9.79 Å². The molecule has 0 bridgehead atoms. The Bertz CT molecular complexity index is 873. The monoisotopic (exact) mass is 401 g/mol. The molecule has 0 fully saturated rings. The van der Waals surface area contributed by atoms with Crippen molar-refractivity contribution in [1.29, 1.82) is 0 Å². The topological polar surface area (TPSA) is 57.1 Å². The zero-order valence-electron chi connectivity index (χ0n) is 13.8. The van der Waals surface area contributed by atoms with E-state index in [9.17, 15) is 4.79 Å². The molecule has 0 spiro atoms. The molecule has 128 valence electrons. The second kappa shape index (κ2) is 7.53. The number of rotatable bonds is 5. The van der Waals surface area contributed by atoms with Gasteiger partial charge in [0.1, 0.15) is 11.5 Å². The van der Waals surface area contributed by atoms with E-state index in [-0.39, 0.29) is 11.6 Å². The average Bonchev–Trinajstić information content (AvgIpc) is 2.96. The second-order valence-electron chi connectivity index (χ2n) is 5.16. The third-order valence-corrected chi connectivity index (χ3v) is 4.14. The molecule has 1 heterocycles. The molecule has 0 unspecified atom stereocenters. The molecule has 6 heteroatoms. The van der Waals surface area contributed by atoms with Crippen LogP contribution in [0.15, 0.2) is 57.6 Å². The number of halogens is 1. The number of hydrogen-bond donors (Lipinski definition) is 0. The Labute approximate surface area is 154 Å². The Morgan fingerprint density at radius 1 is 1.20 bits per heavy atom. The van der Waals surface area contributed by atoms with Crippen LogP contribution in [0, 0.1) is 0 Å². The van der Waals surface area contributed by atoms with Gasteiger partial charge in [0.15, 0.2) is 5.70 Å². The Morgan fingerprint density at radius 3 is 2.72 bits per heavy atom. The fraction of sp³-hybridized carbons (Fsp3) is 0.158. The van der Waals surface area contributed by atoms with Crippen LogP contribution < -0.4 is 9.47 Å². The zero-order valence-corrected chi connectivity index (χ0v) is 15.4. The Morgan fingerprint density at radius 2 is 2.00 bits per heavy atom. The van der Waals surface area contributed by atoms with Crippen molar-refractivity contribution < 1.29 is 19.0 Å². The summed E-state index contributed by atoms with van der Waals surface area (Å²) in [5.41, 5.74) is 1.69. The van der Waals surface area contributed by atoms with E-state index < -0.39 is 5.97 Å². The molecular formula is C19H16BrNO4. The van der Waals surface area contributed by atoms with Crippen LogP contribution in [0.3, 0.4) is 0 Å². The number of nitrogens with zero attached hydrogens (tertiary/aromatic N) is 1. The predicted octanol–water partition coefficient (Wildman–Crippen LogP) is 4.20. The van der Waals surface area contributed by atoms with Crippen LogP contribution in [-0.2, 0) is 9.53 Å². The first-order valence-corrected chi connectivity index (χ1v) is 8.50. The number of aliphatic imine (C=N–C) groups is 1. The van der Waals surface area contributed by atoms with Gasteiger partial charge in [-0.1, -0.05) is 18.2 Å². The van der Waals surface area contributed by atoms with Crippen LogP contribution in [0.4, 0.5) is 0 Å². The fourth-order valence-electron chi connectivity index (χ4n) is 2.38. The highest BCUT2D eigenvalue weighted by Gasteiger charge is 2.26. The number of ether oxygens (including phenoxy) is 3. The Balaban J connectivity index is 1.94. The number of esters is 1. The number of carbonyl (C=O) groups excluding carboxylic acids is 1. The predicted molar refractivity (Wildman–Crippen MR) is 98.9 cm³/mol. The maximum absolute atomic E-state index is 12.2. The molecular weight excluding hydrogens is 386 g/mol. The molecule has 3 rings (SSSR count). The fourth-order valence-corrected chi connectivity index (χ4v) is 2.94. The molecule has 0 saturated carbocycles. The number of benzene rings is 2. The van der Waals surface area contributed by atoms with E-state index in [1.165, 1.54) is 0 Å². The van der Waals surface area contributed by atoms with E-state index in [4.69, 9.17) is 14.2 Å². The molecule has 5 nitrogen and oxygen atoms in total. The highest BCUT2D eigenvalue weighted by Crippen LogP contribution is 2.28. The summed E-state index contributed by atoms with van der Waals surface area (Å²) in [5, 5.41) is 0. The van der Waals surface area contributed by atoms with Crippen molar-refractivity contribution in [1.82, 2.24) is 0 Å². The van der Waals surface area contributed by atoms with Crippen LogP contribution in [0.1, 0.15) is 18.1 Å². The molecule has 2 aromatic rings. The quantitative estimate of drug-likeness (QED) is 0.556. The molecule has 0 amide bonds. The first kappa shape index (κ1) is 17.2. The lowest BCUT2D eigenvalue weighted by molar-refractivity contribution is -0.129. The van der Waals surface area contributed by atoms with Crippen molar-refractivity contribution in [2.45, 2.75) is 6.92 Å². The number of hydrogen-bond acceptors (Lipinski definition) is 5. The average molecular weight is 402 g/mol. The van der Waals surface area contributed by atoms with E-state index in [0.717, 1.165) is 10.0 Å². The third-order valence-electron chi connectivity index (χ3n) is 3.52. The van der Waals surface area contributed by atoms with Gasteiger partial charge in [-0.15, -0.1) is 0 Å². The smallest absolute Gasteiger partial charge is 0.363 e. The summed E-state index contributed by atoms with van der Waals surface area (Å²) < 4.78 is 16.9. The van der Waals surface area contributed by atoms with Gasteiger partial charge in [-0.05, 0) is 58.8 Å². The van der Waals surface area contributed by atoms with Crippen molar-refractivity contribution in [3.05, 3.63) is 63.8 Å². The minimum absolute atomic E-state index is 0.235. The van der Waals surface area contributed by atoms with Gasteiger partial charge in [-0.3, -0.25) is 0 Å². The van der Waals surface area contributed by atoms with Crippen molar-refractivity contribution in [3.8, 4) is 11.5 Å². The maximum Gasteiger partial charge on any atom is 0.363 e. The molecule has 0 atom stereocenters. The number of methoxy groups -OCH3 is 1. The van der Waals surface area contributed by atoms with Crippen LogP contribution in [0.2, 0.25) is 0 Å². The minimum Gasteiger partial charge on any atom is -0.496 e. The molecule has 1 aliphatic heterocycles. The summed E-state index contributed by atoms with van der Waals surface area (Å²) in [5.74, 6) is 1.09. The molecule has 2 aromatic carbocycles. The van der Waals surface area contributed by atoms with E-state index in [1.54, 1.807) is 13.2 Å². The molecule has 0 aromatic heterocycles.